The molecule has 1 aromatic heterocycles. The number of aromatic nitrogens is 2. The van der Waals surface area contributed by atoms with E-state index < -0.39 is 5.56 Å². The zero-order valence-corrected chi connectivity index (χ0v) is 9.40. The first-order valence-corrected chi connectivity index (χ1v) is 4.88. The minimum Gasteiger partial charge on any atom is -0.497 e. The zero-order chi connectivity index (χ0) is 12.4. The maximum atomic E-state index is 11.5. The fourth-order valence-corrected chi connectivity index (χ4v) is 1.57. The summed E-state index contributed by atoms with van der Waals surface area (Å²) in [5.74, 6) is 0.865. The molecule has 0 unspecified atom stereocenters. The number of ether oxygens (including phenoxy) is 2. The van der Waals surface area contributed by atoms with Gasteiger partial charge >= 0.3 is 0 Å². The molecule has 3 N–H and O–H groups in total. The molecule has 0 saturated carbocycles. The Kier molecular flexibility index (Phi) is 2.78. The summed E-state index contributed by atoms with van der Waals surface area (Å²) in [6.45, 7) is 0. The van der Waals surface area contributed by atoms with Gasteiger partial charge in [0, 0.05) is 11.6 Å². The minimum absolute atomic E-state index is 0.155. The molecule has 2 rings (SSSR count). The Morgan fingerprint density at radius 3 is 2.06 bits per heavy atom. The lowest BCUT2D eigenvalue weighted by atomic mass is 10.1. The molecule has 6 heteroatoms. The highest BCUT2D eigenvalue weighted by atomic mass is 16.5. The normalized spacial score (nSPS) is 10.2. The Balaban J connectivity index is 2.63. The fourth-order valence-electron chi connectivity index (χ4n) is 1.57. The molecule has 0 fully saturated rings. The fraction of sp³-hybridized carbons (Fsp3) is 0.182. The molecule has 0 aliphatic rings. The highest BCUT2D eigenvalue weighted by Gasteiger charge is 2.13. The van der Waals surface area contributed by atoms with Crippen LogP contribution in [0.2, 0.25) is 0 Å². The van der Waals surface area contributed by atoms with Crippen LogP contribution in [0.3, 0.4) is 0 Å². The van der Waals surface area contributed by atoms with Crippen molar-refractivity contribution in [2.75, 3.05) is 14.2 Å². The van der Waals surface area contributed by atoms with Crippen molar-refractivity contribution < 1.29 is 14.6 Å². The predicted octanol–water partition coefficient (Wildman–Crippen LogP) is 1.09. The van der Waals surface area contributed by atoms with Crippen molar-refractivity contribution in [2.45, 2.75) is 0 Å². The van der Waals surface area contributed by atoms with Crippen LogP contribution in [0, 0.1) is 0 Å². The number of hydrogen-bond donors (Lipinski definition) is 3. The van der Waals surface area contributed by atoms with Crippen molar-refractivity contribution in [3.63, 3.8) is 0 Å². The molecule has 0 amide bonds. The van der Waals surface area contributed by atoms with Crippen LogP contribution in [-0.2, 0) is 0 Å². The Morgan fingerprint density at radius 1 is 1.06 bits per heavy atom. The molecule has 0 saturated heterocycles. The third-order valence-electron chi connectivity index (χ3n) is 2.40. The van der Waals surface area contributed by atoms with Crippen LogP contribution < -0.4 is 15.0 Å². The van der Waals surface area contributed by atoms with Crippen LogP contribution in [0.15, 0.2) is 23.0 Å². The maximum Gasteiger partial charge on any atom is 0.275 e. The lowest BCUT2D eigenvalue weighted by Crippen LogP contribution is -2.01. The summed E-state index contributed by atoms with van der Waals surface area (Å²) in [7, 11) is 3.03. The molecule has 1 aromatic carbocycles. The van der Waals surface area contributed by atoms with Gasteiger partial charge in [0.25, 0.3) is 5.56 Å². The van der Waals surface area contributed by atoms with Gasteiger partial charge in [0.1, 0.15) is 17.1 Å². The van der Waals surface area contributed by atoms with Gasteiger partial charge in [-0.15, -0.1) is 0 Å². The molecule has 2 aromatic rings. The SMILES string of the molecule is COc1cc(OC)cc(-c2c(O)[nH][nH]c2=O)c1. The first kappa shape index (κ1) is 11.1. The average Bonchev–Trinajstić information content (AvgIpc) is 2.68. The van der Waals surface area contributed by atoms with Crippen LogP contribution >= 0.6 is 0 Å². The van der Waals surface area contributed by atoms with Crippen molar-refractivity contribution in [1.82, 2.24) is 10.2 Å². The van der Waals surface area contributed by atoms with Gasteiger partial charge < -0.3 is 14.6 Å². The molecule has 1 heterocycles. The lowest BCUT2D eigenvalue weighted by Gasteiger charge is -2.06. The van der Waals surface area contributed by atoms with E-state index in [1.165, 1.54) is 14.2 Å². The number of aromatic amines is 2. The van der Waals surface area contributed by atoms with Gasteiger partial charge in [-0.2, -0.15) is 0 Å². The number of methoxy groups -OCH3 is 2. The second-order valence-electron chi connectivity index (χ2n) is 3.40. The highest BCUT2D eigenvalue weighted by Crippen LogP contribution is 2.31. The smallest absolute Gasteiger partial charge is 0.275 e. The third kappa shape index (κ3) is 1.96. The molecule has 17 heavy (non-hydrogen) atoms. The summed E-state index contributed by atoms with van der Waals surface area (Å²) in [5.41, 5.74) is 0.265. The van der Waals surface area contributed by atoms with E-state index in [0.29, 0.717) is 17.1 Å². The molecule has 0 atom stereocenters. The van der Waals surface area contributed by atoms with E-state index in [4.69, 9.17) is 9.47 Å². The highest BCUT2D eigenvalue weighted by molar-refractivity contribution is 5.70. The lowest BCUT2D eigenvalue weighted by molar-refractivity contribution is 0.394. The quantitative estimate of drug-likeness (QED) is 0.744. The molecule has 0 radical (unpaired) electrons. The van der Waals surface area contributed by atoms with Crippen molar-refractivity contribution >= 4 is 0 Å². The van der Waals surface area contributed by atoms with Crippen LogP contribution in [-0.4, -0.2) is 29.5 Å². The Morgan fingerprint density at radius 2 is 1.65 bits per heavy atom. The number of benzene rings is 1. The zero-order valence-electron chi connectivity index (χ0n) is 9.40. The van der Waals surface area contributed by atoms with E-state index in [1.54, 1.807) is 18.2 Å². The van der Waals surface area contributed by atoms with E-state index in [9.17, 15) is 9.90 Å². The van der Waals surface area contributed by atoms with Crippen molar-refractivity contribution in [3.8, 4) is 28.5 Å². The molecule has 6 nitrogen and oxygen atoms in total. The predicted molar refractivity (Wildman–Crippen MR) is 61.6 cm³/mol. The summed E-state index contributed by atoms with van der Waals surface area (Å²) < 4.78 is 10.2. The topological polar surface area (TPSA) is 87.3 Å². The van der Waals surface area contributed by atoms with Crippen LogP contribution in [0.25, 0.3) is 11.1 Å². The second kappa shape index (κ2) is 4.25. The van der Waals surface area contributed by atoms with Gasteiger partial charge in [-0.05, 0) is 12.1 Å². The van der Waals surface area contributed by atoms with Gasteiger partial charge in [0.05, 0.1) is 14.2 Å². The largest absolute Gasteiger partial charge is 0.497 e. The van der Waals surface area contributed by atoms with E-state index >= 15 is 0 Å². The van der Waals surface area contributed by atoms with Crippen LogP contribution in [0.5, 0.6) is 17.4 Å². The van der Waals surface area contributed by atoms with Crippen LogP contribution in [0.1, 0.15) is 0 Å². The summed E-state index contributed by atoms with van der Waals surface area (Å²) in [6.07, 6.45) is 0. The van der Waals surface area contributed by atoms with Gasteiger partial charge in [0.2, 0.25) is 5.88 Å². The van der Waals surface area contributed by atoms with Gasteiger partial charge in [0.15, 0.2) is 0 Å². The standard InChI is InChI=1S/C11H12N2O4/c1-16-7-3-6(4-8(5-7)17-2)9-10(14)12-13-11(9)15/h3-5H,1-2H3,(H3,12,13,14,15). The van der Waals surface area contributed by atoms with Gasteiger partial charge in [-0.25, -0.2) is 0 Å². The first-order valence-electron chi connectivity index (χ1n) is 4.88. The Labute approximate surface area is 96.8 Å². The average molecular weight is 236 g/mol. The van der Waals surface area contributed by atoms with Crippen molar-refractivity contribution in [3.05, 3.63) is 28.6 Å². The number of nitrogens with one attached hydrogen (secondary N) is 2. The summed E-state index contributed by atoms with van der Waals surface area (Å²) >= 11 is 0. The summed E-state index contributed by atoms with van der Waals surface area (Å²) in [6, 6.07) is 4.96. The molecular weight excluding hydrogens is 224 g/mol. The van der Waals surface area contributed by atoms with Crippen molar-refractivity contribution in [1.29, 1.82) is 0 Å². The number of H-pyrrole nitrogens is 2. The minimum atomic E-state index is -0.405. The maximum absolute atomic E-state index is 11.5. The van der Waals surface area contributed by atoms with Gasteiger partial charge in [-0.3, -0.25) is 15.0 Å². The van der Waals surface area contributed by atoms with E-state index in [1.807, 2.05) is 0 Å². The second-order valence-corrected chi connectivity index (χ2v) is 3.40. The first-order chi connectivity index (χ1) is 8.15. The number of hydrogen-bond acceptors (Lipinski definition) is 4. The molecular formula is C11H12N2O4. The van der Waals surface area contributed by atoms with E-state index in [0.717, 1.165) is 0 Å². The van der Waals surface area contributed by atoms with Crippen LogP contribution in [0.4, 0.5) is 0 Å². The molecule has 0 aliphatic carbocycles. The van der Waals surface area contributed by atoms with E-state index in [2.05, 4.69) is 10.2 Å². The Bertz CT molecular complexity index is 563. The Hall–Kier alpha value is -2.37. The van der Waals surface area contributed by atoms with E-state index in [-0.39, 0.29) is 11.4 Å². The number of rotatable bonds is 3. The molecule has 0 aliphatic heterocycles. The monoisotopic (exact) mass is 236 g/mol. The van der Waals surface area contributed by atoms with Gasteiger partial charge in [-0.1, -0.05) is 0 Å². The summed E-state index contributed by atoms with van der Waals surface area (Å²) in [4.78, 5) is 11.5. The third-order valence-corrected chi connectivity index (χ3v) is 2.40. The summed E-state index contributed by atoms with van der Waals surface area (Å²) in [5, 5.41) is 14.2. The van der Waals surface area contributed by atoms with Crippen molar-refractivity contribution in [2.24, 2.45) is 0 Å². The molecule has 0 spiro atoms. The number of aromatic hydroxyl groups is 1. The molecule has 90 valence electrons. The molecule has 0 bridgehead atoms.